The Balaban J connectivity index is 1.76. The van der Waals surface area contributed by atoms with Gasteiger partial charge in [0.25, 0.3) is 0 Å². The minimum absolute atomic E-state index is 0.108. The molecule has 1 aromatic carbocycles. The maximum atomic E-state index is 11.8. The molecular weight excluding hydrogens is 234 g/mol. The fourth-order valence-electron chi connectivity index (χ4n) is 1.82. The molecule has 2 rings (SSSR count). The maximum absolute atomic E-state index is 11.8. The van der Waals surface area contributed by atoms with Gasteiger partial charge in [0.2, 0.25) is 5.91 Å². The number of likely N-dealkylation sites (tertiary alicyclic amines) is 1. The minimum atomic E-state index is -0.632. The van der Waals surface area contributed by atoms with Gasteiger partial charge in [0.1, 0.15) is 0 Å². The first-order valence-corrected chi connectivity index (χ1v) is 6.79. The summed E-state index contributed by atoms with van der Waals surface area (Å²) in [5.41, 5.74) is -0.632. The van der Waals surface area contributed by atoms with Crippen molar-refractivity contribution in [3.63, 3.8) is 0 Å². The molecule has 92 valence electrons. The van der Waals surface area contributed by atoms with Crippen LogP contribution in [0.1, 0.15) is 13.3 Å². The molecule has 17 heavy (non-hydrogen) atoms. The van der Waals surface area contributed by atoms with E-state index in [9.17, 15) is 9.90 Å². The quantitative estimate of drug-likeness (QED) is 0.829. The molecule has 1 aliphatic heterocycles. The number of hydrogen-bond donors (Lipinski definition) is 1. The van der Waals surface area contributed by atoms with Gasteiger partial charge in [-0.1, -0.05) is 25.1 Å². The zero-order valence-electron chi connectivity index (χ0n) is 9.93. The van der Waals surface area contributed by atoms with Crippen molar-refractivity contribution in [3.8, 4) is 0 Å². The normalized spacial score (nSPS) is 17.6. The highest BCUT2D eigenvalue weighted by Gasteiger charge is 2.41. The number of aliphatic hydroxyl groups is 1. The number of hydrogen-bond acceptors (Lipinski definition) is 3. The fraction of sp³-hybridized carbons (Fsp3) is 0.462. The SMILES string of the molecule is CCC1(O)CN(C(=O)CSc2ccccc2)C1. The first-order valence-electron chi connectivity index (χ1n) is 5.81. The Bertz CT molecular complexity index is 388. The minimum Gasteiger partial charge on any atom is -0.386 e. The van der Waals surface area contributed by atoms with Crippen molar-refractivity contribution >= 4 is 17.7 Å². The van der Waals surface area contributed by atoms with Crippen molar-refractivity contribution in [2.45, 2.75) is 23.8 Å². The van der Waals surface area contributed by atoms with Crippen LogP contribution in [0.15, 0.2) is 35.2 Å². The third-order valence-electron chi connectivity index (χ3n) is 3.09. The van der Waals surface area contributed by atoms with E-state index in [1.54, 1.807) is 16.7 Å². The van der Waals surface area contributed by atoms with Gasteiger partial charge in [-0.2, -0.15) is 0 Å². The number of carbonyl (C=O) groups is 1. The van der Waals surface area contributed by atoms with Crippen LogP contribution in [0, 0.1) is 0 Å². The van der Waals surface area contributed by atoms with Gasteiger partial charge >= 0.3 is 0 Å². The fourth-order valence-corrected chi connectivity index (χ4v) is 2.64. The van der Waals surface area contributed by atoms with Crippen molar-refractivity contribution in [2.24, 2.45) is 0 Å². The molecule has 1 N–H and O–H groups in total. The average Bonchev–Trinajstić information content (AvgIpc) is 2.33. The Morgan fingerprint density at radius 3 is 2.65 bits per heavy atom. The van der Waals surface area contributed by atoms with Gasteiger partial charge < -0.3 is 10.0 Å². The molecule has 0 saturated carbocycles. The third-order valence-corrected chi connectivity index (χ3v) is 4.08. The highest BCUT2D eigenvalue weighted by molar-refractivity contribution is 8.00. The number of thioether (sulfide) groups is 1. The first kappa shape index (κ1) is 12.5. The van der Waals surface area contributed by atoms with Crippen LogP contribution >= 0.6 is 11.8 Å². The van der Waals surface area contributed by atoms with Gasteiger partial charge in [-0.15, -0.1) is 11.8 Å². The average molecular weight is 251 g/mol. The lowest BCUT2D eigenvalue weighted by atomic mass is 9.91. The number of β-amino-alcohol motifs (C(OH)–C–C–N with tert-alkyl or cyclic N) is 1. The molecule has 0 unspecified atom stereocenters. The smallest absolute Gasteiger partial charge is 0.233 e. The topological polar surface area (TPSA) is 40.5 Å². The van der Waals surface area contributed by atoms with E-state index in [0.717, 1.165) is 4.90 Å². The van der Waals surface area contributed by atoms with Crippen LogP contribution in [-0.4, -0.2) is 40.4 Å². The Hall–Kier alpha value is -1.00. The summed E-state index contributed by atoms with van der Waals surface area (Å²) in [5.74, 6) is 0.557. The van der Waals surface area contributed by atoms with Gasteiger partial charge in [0.05, 0.1) is 24.4 Å². The predicted molar refractivity (Wildman–Crippen MR) is 69.0 cm³/mol. The van der Waals surface area contributed by atoms with E-state index >= 15 is 0 Å². The van der Waals surface area contributed by atoms with Crippen LogP contribution in [0.2, 0.25) is 0 Å². The van der Waals surface area contributed by atoms with E-state index < -0.39 is 5.60 Å². The Morgan fingerprint density at radius 1 is 1.41 bits per heavy atom. The van der Waals surface area contributed by atoms with Crippen molar-refractivity contribution in [1.29, 1.82) is 0 Å². The number of benzene rings is 1. The summed E-state index contributed by atoms with van der Waals surface area (Å²) >= 11 is 1.54. The second-order valence-electron chi connectivity index (χ2n) is 4.43. The molecule has 4 heteroatoms. The molecule has 0 spiro atoms. The largest absolute Gasteiger partial charge is 0.386 e. The number of amides is 1. The van der Waals surface area contributed by atoms with Gasteiger partial charge in [-0.3, -0.25) is 4.79 Å². The first-order chi connectivity index (χ1) is 8.13. The van der Waals surface area contributed by atoms with Crippen molar-refractivity contribution in [3.05, 3.63) is 30.3 Å². The lowest BCUT2D eigenvalue weighted by Crippen LogP contribution is -2.63. The van der Waals surface area contributed by atoms with Crippen LogP contribution in [-0.2, 0) is 4.79 Å². The highest BCUT2D eigenvalue weighted by Crippen LogP contribution is 2.26. The van der Waals surface area contributed by atoms with E-state index in [4.69, 9.17) is 0 Å². The summed E-state index contributed by atoms with van der Waals surface area (Å²) in [4.78, 5) is 14.6. The second-order valence-corrected chi connectivity index (χ2v) is 5.48. The van der Waals surface area contributed by atoms with Gasteiger partial charge in [-0.25, -0.2) is 0 Å². The number of nitrogens with zero attached hydrogens (tertiary/aromatic N) is 1. The molecule has 3 nitrogen and oxygen atoms in total. The van der Waals surface area contributed by atoms with E-state index in [0.29, 0.717) is 25.3 Å². The lowest BCUT2D eigenvalue weighted by molar-refractivity contribution is -0.152. The highest BCUT2D eigenvalue weighted by atomic mass is 32.2. The molecular formula is C13H17NO2S. The summed E-state index contributed by atoms with van der Waals surface area (Å²) in [6, 6.07) is 9.88. The van der Waals surface area contributed by atoms with Crippen LogP contribution in [0.3, 0.4) is 0 Å². The predicted octanol–water partition coefficient (Wildman–Crippen LogP) is 1.76. The Morgan fingerprint density at radius 2 is 2.06 bits per heavy atom. The summed E-state index contributed by atoms with van der Waals surface area (Å²) < 4.78 is 0. The monoisotopic (exact) mass is 251 g/mol. The summed E-state index contributed by atoms with van der Waals surface area (Å²) in [5, 5.41) is 9.82. The summed E-state index contributed by atoms with van der Waals surface area (Å²) in [6.45, 7) is 2.91. The van der Waals surface area contributed by atoms with Crippen LogP contribution in [0.5, 0.6) is 0 Å². The molecule has 1 saturated heterocycles. The lowest BCUT2D eigenvalue weighted by Gasteiger charge is -2.46. The molecule has 1 fully saturated rings. The van der Waals surface area contributed by atoms with Crippen LogP contribution in [0.25, 0.3) is 0 Å². The standard InChI is InChI=1S/C13H17NO2S/c1-2-13(16)9-14(10-13)12(15)8-17-11-6-4-3-5-7-11/h3-7,16H,2,8-10H2,1H3. The van der Waals surface area contributed by atoms with Crippen molar-refractivity contribution < 1.29 is 9.90 Å². The molecule has 0 atom stereocenters. The summed E-state index contributed by atoms with van der Waals surface area (Å²) in [6.07, 6.45) is 0.711. The van der Waals surface area contributed by atoms with Crippen LogP contribution < -0.4 is 0 Å². The summed E-state index contributed by atoms with van der Waals surface area (Å²) in [7, 11) is 0. The number of carbonyl (C=O) groups excluding carboxylic acids is 1. The Kier molecular flexibility index (Phi) is 3.74. The third kappa shape index (κ3) is 3.01. The van der Waals surface area contributed by atoms with Crippen molar-refractivity contribution in [1.82, 2.24) is 4.90 Å². The Labute approximate surface area is 106 Å². The van der Waals surface area contributed by atoms with E-state index in [1.165, 1.54) is 0 Å². The van der Waals surface area contributed by atoms with Crippen molar-refractivity contribution in [2.75, 3.05) is 18.8 Å². The van der Waals surface area contributed by atoms with Gasteiger partial charge in [0, 0.05) is 4.90 Å². The van der Waals surface area contributed by atoms with Gasteiger partial charge in [0.15, 0.2) is 0 Å². The molecule has 1 aliphatic rings. The second kappa shape index (κ2) is 5.10. The zero-order valence-corrected chi connectivity index (χ0v) is 10.7. The van der Waals surface area contributed by atoms with E-state index in [2.05, 4.69) is 0 Å². The molecule has 0 aromatic heterocycles. The molecule has 1 aromatic rings. The molecule has 0 radical (unpaired) electrons. The zero-order chi connectivity index (χ0) is 12.3. The molecule has 0 aliphatic carbocycles. The van der Waals surface area contributed by atoms with E-state index in [1.807, 2.05) is 37.3 Å². The molecule has 1 amide bonds. The molecule has 0 bridgehead atoms. The van der Waals surface area contributed by atoms with Crippen LogP contribution in [0.4, 0.5) is 0 Å². The van der Waals surface area contributed by atoms with Gasteiger partial charge in [-0.05, 0) is 18.6 Å². The number of rotatable bonds is 4. The maximum Gasteiger partial charge on any atom is 0.233 e. The molecule has 1 heterocycles. The van der Waals surface area contributed by atoms with E-state index in [-0.39, 0.29) is 5.91 Å².